The number of anilines is 1. The zero-order chi connectivity index (χ0) is 20.4. The van der Waals surface area contributed by atoms with Gasteiger partial charge in [0.05, 0.1) is 11.5 Å². The Morgan fingerprint density at radius 3 is 2.59 bits per heavy atom. The fourth-order valence-corrected chi connectivity index (χ4v) is 3.07. The third kappa shape index (κ3) is 3.68. The second-order valence-electron chi connectivity index (χ2n) is 6.41. The number of aromatic nitrogens is 3. The van der Waals surface area contributed by atoms with Gasteiger partial charge in [0.1, 0.15) is 5.71 Å². The summed E-state index contributed by atoms with van der Waals surface area (Å²) in [7, 11) is 0. The van der Waals surface area contributed by atoms with E-state index in [9.17, 15) is 9.59 Å². The summed E-state index contributed by atoms with van der Waals surface area (Å²) in [5.74, 6) is -1.73. The summed E-state index contributed by atoms with van der Waals surface area (Å²) in [6, 6.07) is 9.61. The molecule has 2 aliphatic rings. The average Bonchev–Trinajstić information content (AvgIpc) is 3.17. The van der Waals surface area contributed by atoms with Crippen LogP contribution >= 0.6 is 0 Å². The molecule has 1 aliphatic carbocycles. The molecule has 2 amide bonds. The monoisotopic (exact) mass is 391 g/mol. The first-order valence-corrected chi connectivity index (χ1v) is 8.79. The summed E-state index contributed by atoms with van der Waals surface area (Å²) in [5, 5.41) is 7.08. The zero-order valence-corrected chi connectivity index (χ0v) is 15.1. The van der Waals surface area contributed by atoms with Crippen LogP contribution < -0.4 is 16.8 Å². The normalized spacial score (nSPS) is 19.6. The van der Waals surface area contributed by atoms with Gasteiger partial charge in [0.2, 0.25) is 17.7 Å². The van der Waals surface area contributed by atoms with Crippen LogP contribution in [0.5, 0.6) is 0 Å². The number of benzene rings is 1. The molecule has 0 saturated carbocycles. The van der Waals surface area contributed by atoms with E-state index in [1.807, 2.05) is 30.3 Å². The lowest BCUT2D eigenvalue weighted by Crippen LogP contribution is -2.33. The Morgan fingerprint density at radius 1 is 1.07 bits per heavy atom. The number of nitrogens with zero attached hydrogens (tertiary/aromatic N) is 4. The Kier molecular flexibility index (Phi) is 4.73. The van der Waals surface area contributed by atoms with Crippen molar-refractivity contribution < 1.29 is 14.4 Å². The van der Waals surface area contributed by atoms with Crippen molar-refractivity contribution in [2.45, 2.75) is 12.6 Å². The van der Waals surface area contributed by atoms with Crippen LogP contribution in [0.15, 0.2) is 59.3 Å². The van der Waals surface area contributed by atoms with Crippen LogP contribution in [-0.4, -0.2) is 38.6 Å². The SMILES string of the molecule is NC(=O)C1=CC=CC2C(c3nc(NCc4ccccc4)nc(C(N)=O)n3)=NOC12. The first-order valence-electron chi connectivity index (χ1n) is 8.79. The predicted octanol–water partition coefficient (Wildman–Crippen LogP) is 0.283. The number of carbonyl (C=O) groups is 2. The maximum Gasteiger partial charge on any atom is 0.286 e. The van der Waals surface area contributed by atoms with Gasteiger partial charge in [0.15, 0.2) is 11.9 Å². The van der Waals surface area contributed by atoms with Crippen LogP contribution in [0.3, 0.4) is 0 Å². The Balaban J connectivity index is 1.63. The second kappa shape index (κ2) is 7.50. The van der Waals surface area contributed by atoms with E-state index in [1.54, 1.807) is 18.2 Å². The van der Waals surface area contributed by atoms with Crippen LogP contribution in [0.25, 0.3) is 0 Å². The van der Waals surface area contributed by atoms with Gasteiger partial charge in [-0.15, -0.1) is 0 Å². The first-order chi connectivity index (χ1) is 14.0. The van der Waals surface area contributed by atoms with Gasteiger partial charge < -0.3 is 21.6 Å². The van der Waals surface area contributed by atoms with Crippen molar-refractivity contribution >= 4 is 23.5 Å². The van der Waals surface area contributed by atoms with Crippen molar-refractivity contribution in [3.8, 4) is 0 Å². The highest BCUT2D eigenvalue weighted by atomic mass is 16.6. The maximum absolute atomic E-state index is 11.7. The van der Waals surface area contributed by atoms with Gasteiger partial charge in [-0.05, 0) is 11.6 Å². The molecule has 1 aromatic heterocycles. The van der Waals surface area contributed by atoms with Crippen LogP contribution in [0.1, 0.15) is 22.0 Å². The van der Waals surface area contributed by atoms with Crippen molar-refractivity contribution in [1.82, 2.24) is 15.0 Å². The molecule has 0 radical (unpaired) electrons. The van der Waals surface area contributed by atoms with Gasteiger partial charge >= 0.3 is 0 Å². The largest absolute Gasteiger partial charge is 0.386 e. The molecular formula is C19H17N7O3. The molecule has 0 spiro atoms. The van der Waals surface area contributed by atoms with Gasteiger partial charge in [-0.2, -0.15) is 9.97 Å². The first kappa shape index (κ1) is 18.3. The van der Waals surface area contributed by atoms with E-state index in [0.717, 1.165) is 5.56 Å². The number of primary amides is 2. The van der Waals surface area contributed by atoms with Crippen molar-refractivity contribution in [2.75, 3.05) is 5.32 Å². The van der Waals surface area contributed by atoms with Crippen molar-refractivity contribution in [3.05, 3.63) is 71.3 Å². The van der Waals surface area contributed by atoms with Crippen LogP contribution in [0, 0.1) is 5.92 Å². The number of allylic oxidation sites excluding steroid dienone is 2. The summed E-state index contributed by atoms with van der Waals surface area (Å²) < 4.78 is 0. The quantitative estimate of drug-likeness (QED) is 0.638. The molecule has 29 heavy (non-hydrogen) atoms. The van der Waals surface area contributed by atoms with E-state index in [0.29, 0.717) is 17.8 Å². The number of nitrogens with one attached hydrogen (secondary N) is 1. The third-order valence-corrected chi connectivity index (χ3v) is 4.47. The third-order valence-electron chi connectivity index (χ3n) is 4.47. The summed E-state index contributed by atoms with van der Waals surface area (Å²) in [4.78, 5) is 41.3. The van der Waals surface area contributed by atoms with E-state index in [-0.39, 0.29) is 17.6 Å². The maximum atomic E-state index is 11.7. The highest BCUT2D eigenvalue weighted by molar-refractivity contribution is 6.05. The molecule has 146 valence electrons. The Hall–Kier alpha value is -4.08. The molecule has 2 heterocycles. The lowest BCUT2D eigenvalue weighted by atomic mass is 9.87. The van der Waals surface area contributed by atoms with Gasteiger partial charge in [-0.25, -0.2) is 4.98 Å². The lowest BCUT2D eigenvalue weighted by Gasteiger charge is -2.19. The predicted molar refractivity (Wildman–Crippen MR) is 103 cm³/mol. The number of fused-ring (bicyclic) bond motifs is 1. The lowest BCUT2D eigenvalue weighted by molar-refractivity contribution is -0.116. The summed E-state index contributed by atoms with van der Waals surface area (Å²) in [6.07, 6.45) is 4.41. The molecule has 5 N–H and O–H groups in total. The smallest absolute Gasteiger partial charge is 0.286 e. The van der Waals surface area contributed by atoms with Crippen molar-refractivity contribution in [2.24, 2.45) is 22.5 Å². The number of carbonyl (C=O) groups excluding carboxylic acids is 2. The molecule has 2 atom stereocenters. The fraction of sp³-hybridized carbons (Fsp3) is 0.158. The average molecular weight is 391 g/mol. The number of oxime groups is 1. The van der Waals surface area contributed by atoms with E-state index in [2.05, 4.69) is 25.4 Å². The Morgan fingerprint density at radius 2 is 1.86 bits per heavy atom. The van der Waals surface area contributed by atoms with Crippen LogP contribution in [-0.2, 0) is 16.2 Å². The van der Waals surface area contributed by atoms with Crippen molar-refractivity contribution in [3.63, 3.8) is 0 Å². The number of amides is 2. The topological polar surface area (TPSA) is 158 Å². The second-order valence-corrected chi connectivity index (χ2v) is 6.41. The zero-order valence-electron chi connectivity index (χ0n) is 15.1. The summed E-state index contributed by atoms with van der Waals surface area (Å²) >= 11 is 0. The molecule has 10 heteroatoms. The summed E-state index contributed by atoms with van der Waals surface area (Å²) in [6.45, 7) is 0.436. The Bertz CT molecular complexity index is 1060. The standard InChI is InChI=1S/C19H17N7O3/c20-15(27)12-8-4-7-11-13(26-29-14(11)12)17-23-18(16(21)28)25-19(24-17)22-9-10-5-2-1-3-6-10/h1-8,11,14H,9H2,(H2,20,27)(H2,21,28)(H,22,23,24,25). The molecule has 0 saturated heterocycles. The molecule has 1 aromatic carbocycles. The van der Waals surface area contributed by atoms with Gasteiger partial charge in [-0.1, -0.05) is 47.6 Å². The molecule has 2 unspecified atom stereocenters. The molecule has 0 bridgehead atoms. The number of rotatable bonds is 6. The van der Waals surface area contributed by atoms with Gasteiger partial charge in [0.25, 0.3) is 5.91 Å². The molecule has 0 fully saturated rings. The van der Waals surface area contributed by atoms with E-state index >= 15 is 0 Å². The van der Waals surface area contributed by atoms with Crippen molar-refractivity contribution in [1.29, 1.82) is 0 Å². The van der Waals surface area contributed by atoms with Crippen LogP contribution in [0.4, 0.5) is 5.95 Å². The molecule has 2 aromatic rings. The number of nitrogens with two attached hydrogens (primary N) is 2. The molecule has 4 rings (SSSR count). The van der Waals surface area contributed by atoms with E-state index in [1.165, 1.54) is 0 Å². The minimum Gasteiger partial charge on any atom is -0.386 e. The molecule has 10 nitrogen and oxygen atoms in total. The van der Waals surface area contributed by atoms with Gasteiger partial charge in [-0.3, -0.25) is 9.59 Å². The highest BCUT2D eigenvalue weighted by Gasteiger charge is 2.40. The highest BCUT2D eigenvalue weighted by Crippen LogP contribution is 2.31. The fourth-order valence-electron chi connectivity index (χ4n) is 3.07. The minimum absolute atomic E-state index is 0.132. The summed E-state index contributed by atoms with van der Waals surface area (Å²) in [5.41, 5.74) is 12.4. The van der Waals surface area contributed by atoms with E-state index < -0.39 is 23.8 Å². The Labute approximate surface area is 165 Å². The number of hydrogen-bond acceptors (Lipinski definition) is 8. The molecular weight excluding hydrogens is 374 g/mol. The van der Waals surface area contributed by atoms with E-state index in [4.69, 9.17) is 16.3 Å². The minimum atomic E-state index is -0.801. The number of hydrogen-bond donors (Lipinski definition) is 3. The van der Waals surface area contributed by atoms with Gasteiger partial charge in [0, 0.05) is 6.54 Å². The van der Waals surface area contributed by atoms with Crippen LogP contribution in [0.2, 0.25) is 0 Å². The molecule has 1 aliphatic heterocycles.